The molecule has 5 aliphatic heterocycles. The molecular formula is C19H27N3O3. The molecule has 4 saturated heterocycles. The number of carbonyl (C=O) groups excluding carboxylic acids is 2. The summed E-state index contributed by atoms with van der Waals surface area (Å²) in [4.78, 5) is 32.3. The van der Waals surface area contributed by atoms with Gasteiger partial charge in [-0.15, -0.1) is 0 Å². The molecule has 1 spiro atoms. The van der Waals surface area contributed by atoms with Gasteiger partial charge in [-0.3, -0.25) is 9.59 Å². The minimum atomic E-state index is -0.547. The minimum Gasteiger partial charge on any atom is -0.360 e. The SMILES string of the molecule is O=C([C@@H]1[C@@H]2C=C[C@@]3(CN(CCN4CCCCC4)C(=O)[C@@H]13)O2)N1CCC1. The largest absolute Gasteiger partial charge is 0.360 e. The van der Waals surface area contributed by atoms with Crippen LogP contribution < -0.4 is 0 Å². The lowest BCUT2D eigenvalue weighted by atomic mass is 9.76. The molecule has 4 fully saturated rings. The van der Waals surface area contributed by atoms with Crippen LogP contribution >= 0.6 is 0 Å². The van der Waals surface area contributed by atoms with Crippen molar-refractivity contribution in [2.45, 2.75) is 37.4 Å². The lowest BCUT2D eigenvalue weighted by Crippen LogP contribution is -2.50. The highest BCUT2D eigenvalue weighted by atomic mass is 16.5. The van der Waals surface area contributed by atoms with Crippen molar-refractivity contribution in [1.29, 1.82) is 0 Å². The highest BCUT2D eigenvalue weighted by Gasteiger charge is 2.67. The van der Waals surface area contributed by atoms with Crippen LogP contribution in [-0.4, -0.2) is 84.0 Å². The van der Waals surface area contributed by atoms with E-state index in [0.717, 1.165) is 45.7 Å². The molecule has 0 N–H and O–H groups in total. The average molecular weight is 345 g/mol. The van der Waals surface area contributed by atoms with E-state index in [1.165, 1.54) is 19.3 Å². The second kappa shape index (κ2) is 5.81. The summed E-state index contributed by atoms with van der Waals surface area (Å²) in [6.07, 6.45) is 8.80. The van der Waals surface area contributed by atoms with Gasteiger partial charge in [0.25, 0.3) is 0 Å². The van der Waals surface area contributed by atoms with Crippen LogP contribution in [0.15, 0.2) is 12.2 Å². The maximum atomic E-state index is 13.1. The molecule has 0 saturated carbocycles. The summed E-state index contributed by atoms with van der Waals surface area (Å²) in [5.74, 6) is -0.365. The summed E-state index contributed by atoms with van der Waals surface area (Å²) in [5.41, 5.74) is -0.547. The van der Waals surface area contributed by atoms with Gasteiger partial charge in [-0.1, -0.05) is 18.6 Å². The summed E-state index contributed by atoms with van der Waals surface area (Å²) in [7, 11) is 0. The summed E-state index contributed by atoms with van der Waals surface area (Å²) < 4.78 is 6.19. The first-order chi connectivity index (χ1) is 12.2. The van der Waals surface area contributed by atoms with E-state index in [1.54, 1.807) is 0 Å². The Kier molecular flexibility index (Phi) is 3.68. The number of piperidine rings is 1. The maximum absolute atomic E-state index is 13.1. The van der Waals surface area contributed by atoms with Crippen molar-refractivity contribution in [2.24, 2.45) is 11.8 Å². The third kappa shape index (κ3) is 2.37. The normalized spacial score (nSPS) is 39.8. The molecule has 25 heavy (non-hydrogen) atoms. The molecule has 0 aliphatic carbocycles. The molecule has 6 heteroatoms. The van der Waals surface area contributed by atoms with Crippen molar-refractivity contribution in [2.75, 3.05) is 45.8 Å². The van der Waals surface area contributed by atoms with Crippen LogP contribution in [0.25, 0.3) is 0 Å². The molecule has 2 amide bonds. The fraction of sp³-hybridized carbons (Fsp3) is 0.789. The molecule has 136 valence electrons. The summed E-state index contributed by atoms with van der Waals surface area (Å²) in [6.45, 7) is 6.25. The van der Waals surface area contributed by atoms with E-state index in [-0.39, 0.29) is 29.8 Å². The minimum absolute atomic E-state index is 0.124. The Labute approximate surface area is 148 Å². The van der Waals surface area contributed by atoms with E-state index in [1.807, 2.05) is 15.9 Å². The fourth-order valence-electron chi connectivity index (χ4n) is 5.24. The molecule has 0 aromatic carbocycles. The van der Waals surface area contributed by atoms with Crippen molar-refractivity contribution in [1.82, 2.24) is 14.7 Å². The Balaban J connectivity index is 1.30. The molecule has 0 aromatic rings. The van der Waals surface area contributed by atoms with E-state index in [9.17, 15) is 9.59 Å². The predicted molar refractivity (Wildman–Crippen MR) is 91.8 cm³/mol. The molecule has 6 nitrogen and oxygen atoms in total. The second-order valence-electron chi connectivity index (χ2n) is 8.24. The molecular weight excluding hydrogens is 318 g/mol. The number of carbonyl (C=O) groups is 2. The Morgan fingerprint density at radius 2 is 1.92 bits per heavy atom. The zero-order valence-corrected chi connectivity index (χ0v) is 14.7. The third-order valence-corrected chi connectivity index (χ3v) is 6.77. The van der Waals surface area contributed by atoms with Crippen molar-refractivity contribution >= 4 is 11.8 Å². The molecule has 0 aromatic heterocycles. The van der Waals surface area contributed by atoms with Crippen LogP contribution in [0.1, 0.15) is 25.7 Å². The Morgan fingerprint density at radius 1 is 1.12 bits per heavy atom. The zero-order valence-electron chi connectivity index (χ0n) is 14.7. The van der Waals surface area contributed by atoms with Crippen LogP contribution in [0.3, 0.4) is 0 Å². The first-order valence-electron chi connectivity index (χ1n) is 9.85. The maximum Gasteiger partial charge on any atom is 0.230 e. The Morgan fingerprint density at radius 3 is 2.64 bits per heavy atom. The molecule has 5 rings (SSSR count). The average Bonchev–Trinajstić information content (AvgIpc) is 3.21. The first-order valence-corrected chi connectivity index (χ1v) is 9.85. The number of nitrogens with zero attached hydrogens (tertiary/aromatic N) is 3. The van der Waals surface area contributed by atoms with Gasteiger partial charge < -0.3 is 19.4 Å². The number of ether oxygens (including phenoxy) is 1. The van der Waals surface area contributed by atoms with E-state index >= 15 is 0 Å². The summed E-state index contributed by atoms with van der Waals surface area (Å²) >= 11 is 0. The van der Waals surface area contributed by atoms with E-state index in [2.05, 4.69) is 11.0 Å². The van der Waals surface area contributed by atoms with Gasteiger partial charge in [0.15, 0.2) is 0 Å². The number of likely N-dealkylation sites (tertiary alicyclic amines) is 3. The van der Waals surface area contributed by atoms with Gasteiger partial charge in [0.1, 0.15) is 5.60 Å². The first kappa shape index (κ1) is 15.8. The van der Waals surface area contributed by atoms with Crippen molar-refractivity contribution in [3.63, 3.8) is 0 Å². The van der Waals surface area contributed by atoms with Gasteiger partial charge in [-0.2, -0.15) is 0 Å². The zero-order chi connectivity index (χ0) is 17.0. The van der Waals surface area contributed by atoms with Crippen molar-refractivity contribution in [3.8, 4) is 0 Å². The monoisotopic (exact) mass is 345 g/mol. The van der Waals surface area contributed by atoms with Gasteiger partial charge in [0, 0.05) is 26.2 Å². The van der Waals surface area contributed by atoms with Gasteiger partial charge >= 0.3 is 0 Å². The molecule has 0 radical (unpaired) electrons. The molecule has 5 aliphatic rings. The number of amides is 2. The van der Waals surface area contributed by atoms with Gasteiger partial charge in [-0.05, 0) is 32.4 Å². The van der Waals surface area contributed by atoms with Crippen molar-refractivity contribution in [3.05, 3.63) is 12.2 Å². The lowest BCUT2D eigenvalue weighted by Gasteiger charge is -2.35. The number of hydrogen-bond donors (Lipinski definition) is 0. The second-order valence-corrected chi connectivity index (χ2v) is 8.24. The van der Waals surface area contributed by atoms with Crippen LogP contribution in [-0.2, 0) is 14.3 Å². The smallest absolute Gasteiger partial charge is 0.230 e. The lowest BCUT2D eigenvalue weighted by molar-refractivity contribution is -0.145. The summed E-state index contributed by atoms with van der Waals surface area (Å²) in [5, 5.41) is 0. The van der Waals surface area contributed by atoms with Crippen LogP contribution in [0.5, 0.6) is 0 Å². The Bertz CT molecular complexity index is 611. The highest BCUT2D eigenvalue weighted by Crippen LogP contribution is 2.52. The van der Waals surface area contributed by atoms with Gasteiger partial charge in [0.05, 0.1) is 24.5 Å². The number of fused-ring (bicyclic) bond motifs is 1. The van der Waals surface area contributed by atoms with Crippen LogP contribution in [0.4, 0.5) is 0 Å². The molecule has 2 bridgehead atoms. The van der Waals surface area contributed by atoms with E-state index in [4.69, 9.17) is 4.74 Å². The molecule has 0 unspecified atom stereocenters. The highest BCUT2D eigenvalue weighted by molar-refractivity contribution is 5.93. The topological polar surface area (TPSA) is 53.1 Å². The summed E-state index contributed by atoms with van der Waals surface area (Å²) in [6, 6.07) is 0. The predicted octanol–water partition coefficient (Wildman–Crippen LogP) is 0.487. The number of hydrogen-bond acceptors (Lipinski definition) is 4. The van der Waals surface area contributed by atoms with Gasteiger partial charge in [-0.25, -0.2) is 0 Å². The van der Waals surface area contributed by atoms with E-state index < -0.39 is 5.60 Å². The standard InChI is InChI=1S/C19H27N3O3/c23-17(21-9-4-10-21)15-14-5-6-19(25-14)13-22(18(24)16(15)19)12-11-20-7-2-1-3-8-20/h5-6,14-16H,1-4,7-13H2/t14-,15+,16+,19-/m0/s1. The van der Waals surface area contributed by atoms with Crippen LogP contribution in [0.2, 0.25) is 0 Å². The fourth-order valence-corrected chi connectivity index (χ4v) is 5.24. The third-order valence-electron chi connectivity index (χ3n) is 6.77. The quantitative estimate of drug-likeness (QED) is 0.696. The molecule has 5 heterocycles. The molecule has 4 atom stereocenters. The van der Waals surface area contributed by atoms with Crippen molar-refractivity contribution < 1.29 is 14.3 Å². The van der Waals surface area contributed by atoms with E-state index in [0.29, 0.717) is 6.54 Å². The Hall–Kier alpha value is -1.40. The van der Waals surface area contributed by atoms with Crippen LogP contribution in [0, 0.1) is 11.8 Å². The number of rotatable bonds is 4. The van der Waals surface area contributed by atoms with Gasteiger partial charge in [0.2, 0.25) is 11.8 Å².